The minimum atomic E-state index is 0. The van der Waals surface area contributed by atoms with Gasteiger partial charge in [0.05, 0.1) is 6.21 Å². The average Bonchev–Trinajstić information content (AvgIpc) is 2.09. The Bertz CT molecular complexity index is 259. The molecule has 0 saturated carbocycles. The highest BCUT2D eigenvalue weighted by Gasteiger charge is 1.96. The maximum Gasteiger partial charge on any atom is 0.169 e. The van der Waals surface area contributed by atoms with Crippen LogP contribution in [-0.2, 0) is 6.54 Å². The number of nitrogens with zero attached hydrogens (tertiary/aromatic N) is 2. The number of rotatable bonds is 3. The Morgan fingerprint density at radius 2 is 2.08 bits per heavy atom. The molecule has 0 aromatic carbocycles. The van der Waals surface area contributed by atoms with Crippen LogP contribution in [0.25, 0.3) is 0 Å². The minimum Gasteiger partial charge on any atom is -1.00 e. The van der Waals surface area contributed by atoms with Gasteiger partial charge in [0.1, 0.15) is 6.54 Å². The molecule has 0 saturated heterocycles. The first kappa shape index (κ1) is 12.1. The number of hydrogen-bond donors (Lipinski definition) is 1. The molecule has 0 unspecified atom stereocenters. The van der Waals surface area contributed by atoms with Gasteiger partial charge in [-0.25, -0.2) is 4.57 Å². The number of hydrogen-bond acceptors (Lipinski definition) is 2. The Balaban J connectivity index is 0.00000144. The van der Waals surface area contributed by atoms with Crippen molar-refractivity contribution in [2.24, 2.45) is 5.16 Å². The summed E-state index contributed by atoms with van der Waals surface area (Å²) in [5.74, 6) is 0. The quantitative estimate of drug-likeness (QED) is 0.290. The molecule has 13 heavy (non-hydrogen) atoms. The topological polar surface area (TPSA) is 36.5 Å². The van der Waals surface area contributed by atoms with Gasteiger partial charge >= 0.3 is 0 Å². The summed E-state index contributed by atoms with van der Waals surface area (Å²) in [5, 5.41) is 11.2. The van der Waals surface area contributed by atoms with Crippen molar-refractivity contribution in [3.63, 3.8) is 0 Å². The van der Waals surface area contributed by atoms with E-state index in [1.165, 1.54) is 6.21 Å². The van der Waals surface area contributed by atoms with Gasteiger partial charge in [0.25, 0.3) is 0 Å². The van der Waals surface area contributed by atoms with Gasteiger partial charge in [-0.1, -0.05) is 12.1 Å². The summed E-state index contributed by atoms with van der Waals surface area (Å²) in [5.41, 5.74) is 0.907. The molecule has 72 valence electrons. The summed E-state index contributed by atoms with van der Waals surface area (Å²) in [4.78, 5) is 0. The molecule has 0 fully saturated rings. The fourth-order valence-corrected chi connectivity index (χ4v) is 1.03. The zero-order chi connectivity index (χ0) is 8.81. The first-order chi connectivity index (χ1) is 5.86. The van der Waals surface area contributed by atoms with Crippen LogP contribution in [0.2, 0.25) is 0 Å². The molecule has 0 aliphatic carbocycles. The van der Waals surface area contributed by atoms with E-state index in [0.29, 0.717) is 0 Å². The minimum absolute atomic E-state index is 0. The molecule has 1 aromatic rings. The molecule has 0 atom stereocenters. The van der Waals surface area contributed by atoms with Crippen LogP contribution in [0.1, 0.15) is 18.9 Å². The summed E-state index contributed by atoms with van der Waals surface area (Å²) in [7, 11) is 0. The molecule has 4 heteroatoms. The van der Waals surface area contributed by atoms with Crippen molar-refractivity contribution in [2.75, 3.05) is 0 Å². The monoisotopic (exact) mass is 244 g/mol. The Labute approximate surface area is 88.5 Å². The van der Waals surface area contributed by atoms with Gasteiger partial charge < -0.3 is 22.2 Å². The summed E-state index contributed by atoms with van der Waals surface area (Å²) in [6, 6.07) is 3.82. The molecule has 1 N–H and O–H groups in total. The number of pyridine rings is 1. The van der Waals surface area contributed by atoms with Gasteiger partial charge in [0, 0.05) is 24.1 Å². The molecule has 0 amide bonds. The van der Waals surface area contributed by atoms with E-state index in [1.54, 1.807) is 0 Å². The molecule has 1 rings (SSSR count). The van der Waals surface area contributed by atoms with Gasteiger partial charge in [0.15, 0.2) is 12.4 Å². The predicted octanol–water partition coefficient (Wildman–Crippen LogP) is -1.80. The van der Waals surface area contributed by atoms with E-state index in [2.05, 4.69) is 16.6 Å². The predicted molar refractivity (Wildman–Crippen MR) is 46.3 cm³/mol. The van der Waals surface area contributed by atoms with E-state index in [4.69, 9.17) is 5.21 Å². The third-order valence-corrected chi connectivity index (χ3v) is 1.61. The Morgan fingerprint density at radius 1 is 1.46 bits per heavy atom. The molecule has 0 spiro atoms. The molecule has 1 heterocycles. The standard InChI is InChI=1S/C9H12N2O.BrH/c1-2-5-11-6-3-9(4-7-11)8-10-12;/h3-4,6-8H,2,5H2,1H3;1H. The van der Waals surface area contributed by atoms with Crippen molar-refractivity contribution in [1.29, 1.82) is 0 Å². The highest BCUT2D eigenvalue weighted by atomic mass is 79.9. The maximum absolute atomic E-state index is 8.26. The lowest BCUT2D eigenvalue weighted by Gasteiger charge is -1.92. The molecule has 1 aromatic heterocycles. The molecule has 0 aliphatic rings. The summed E-state index contributed by atoms with van der Waals surface area (Å²) < 4.78 is 2.09. The van der Waals surface area contributed by atoms with E-state index in [9.17, 15) is 0 Å². The summed E-state index contributed by atoms with van der Waals surface area (Å²) in [6.45, 7) is 3.16. The first-order valence-corrected chi connectivity index (χ1v) is 4.03. The van der Waals surface area contributed by atoms with E-state index in [-0.39, 0.29) is 17.0 Å². The second-order valence-electron chi connectivity index (χ2n) is 2.61. The van der Waals surface area contributed by atoms with Crippen LogP contribution >= 0.6 is 0 Å². The lowest BCUT2D eigenvalue weighted by atomic mass is 10.3. The van der Waals surface area contributed by atoms with E-state index in [1.807, 2.05) is 24.5 Å². The van der Waals surface area contributed by atoms with Gasteiger partial charge in [-0.15, -0.1) is 0 Å². The van der Waals surface area contributed by atoms with E-state index < -0.39 is 0 Å². The first-order valence-electron chi connectivity index (χ1n) is 4.03. The van der Waals surface area contributed by atoms with Crippen LogP contribution in [0.5, 0.6) is 0 Å². The highest BCUT2D eigenvalue weighted by molar-refractivity contribution is 5.78. The number of aromatic nitrogens is 1. The third kappa shape index (κ3) is 4.03. The third-order valence-electron chi connectivity index (χ3n) is 1.61. The second kappa shape index (κ2) is 6.60. The Morgan fingerprint density at radius 3 is 2.54 bits per heavy atom. The Kier molecular flexibility index (Phi) is 6.14. The van der Waals surface area contributed by atoms with E-state index >= 15 is 0 Å². The van der Waals surface area contributed by atoms with Crippen molar-refractivity contribution in [2.45, 2.75) is 19.9 Å². The van der Waals surface area contributed by atoms with Crippen LogP contribution in [0.15, 0.2) is 29.7 Å². The van der Waals surface area contributed by atoms with Crippen LogP contribution in [0.3, 0.4) is 0 Å². The second-order valence-corrected chi connectivity index (χ2v) is 2.61. The van der Waals surface area contributed by atoms with Crippen molar-refractivity contribution in [1.82, 2.24) is 0 Å². The number of oxime groups is 1. The van der Waals surface area contributed by atoms with Gasteiger partial charge in [-0.05, 0) is 0 Å². The fraction of sp³-hybridized carbons (Fsp3) is 0.333. The van der Waals surface area contributed by atoms with Crippen LogP contribution in [0.4, 0.5) is 0 Å². The zero-order valence-electron chi connectivity index (χ0n) is 7.52. The molecular formula is C9H13BrN2O. The molecule has 0 aliphatic heterocycles. The SMILES string of the molecule is CCC[n+]1ccc(/C=N/O)cc1.[Br-]. The maximum atomic E-state index is 8.26. The van der Waals surface area contributed by atoms with Gasteiger partial charge in [0.2, 0.25) is 0 Å². The van der Waals surface area contributed by atoms with Crippen molar-refractivity contribution in [3.05, 3.63) is 30.1 Å². The fourth-order valence-electron chi connectivity index (χ4n) is 1.03. The highest BCUT2D eigenvalue weighted by Crippen LogP contribution is 1.90. The van der Waals surface area contributed by atoms with Crippen LogP contribution in [-0.4, -0.2) is 11.4 Å². The smallest absolute Gasteiger partial charge is 0.169 e. The molecule has 0 radical (unpaired) electrons. The van der Waals surface area contributed by atoms with Gasteiger partial charge in [-0.3, -0.25) is 0 Å². The largest absolute Gasteiger partial charge is 1.00 e. The summed E-state index contributed by atoms with van der Waals surface area (Å²) >= 11 is 0. The zero-order valence-corrected chi connectivity index (χ0v) is 9.11. The average molecular weight is 245 g/mol. The summed E-state index contributed by atoms with van der Waals surface area (Å²) in [6.07, 6.45) is 6.48. The lowest BCUT2D eigenvalue weighted by molar-refractivity contribution is -0.697. The molecular weight excluding hydrogens is 232 g/mol. The van der Waals surface area contributed by atoms with Crippen molar-refractivity contribution < 1.29 is 26.8 Å². The Hall–Kier alpha value is -0.900. The molecule has 3 nitrogen and oxygen atoms in total. The lowest BCUT2D eigenvalue weighted by Crippen LogP contribution is -3.00. The number of halogens is 1. The molecule has 0 bridgehead atoms. The van der Waals surface area contributed by atoms with Crippen molar-refractivity contribution in [3.8, 4) is 0 Å². The van der Waals surface area contributed by atoms with Crippen LogP contribution < -0.4 is 21.5 Å². The normalized spacial score (nSPS) is 9.92. The van der Waals surface area contributed by atoms with Crippen LogP contribution in [0, 0.1) is 0 Å². The van der Waals surface area contributed by atoms with Crippen molar-refractivity contribution >= 4 is 6.21 Å². The van der Waals surface area contributed by atoms with E-state index in [0.717, 1.165) is 18.5 Å². The number of aryl methyl sites for hydroxylation is 1. The van der Waals surface area contributed by atoms with Gasteiger partial charge in [-0.2, -0.15) is 0 Å².